The van der Waals surface area contributed by atoms with Gasteiger partial charge in [0.25, 0.3) is 0 Å². The summed E-state index contributed by atoms with van der Waals surface area (Å²) in [5.74, 6) is -0.876. The first-order valence-corrected chi connectivity index (χ1v) is 8.35. The van der Waals surface area contributed by atoms with Gasteiger partial charge < -0.3 is 10.2 Å². The highest BCUT2D eigenvalue weighted by atomic mass is 19.1. The molecule has 0 aromatic heterocycles. The van der Waals surface area contributed by atoms with E-state index in [1.165, 1.54) is 28.7 Å². The normalized spacial score (nSPS) is 10.4. The number of halogens is 1. The zero-order chi connectivity index (χ0) is 18.2. The van der Waals surface area contributed by atoms with Crippen molar-refractivity contribution < 1.29 is 14.0 Å². The van der Waals surface area contributed by atoms with E-state index in [4.69, 9.17) is 0 Å². The molecule has 0 aliphatic rings. The maximum absolute atomic E-state index is 13.1. The average molecular weight is 342 g/mol. The van der Waals surface area contributed by atoms with Crippen molar-refractivity contribution in [2.75, 3.05) is 18.9 Å². The van der Waals surface area contributed by atoms with Crippen LogP contribution in [-0.4, -0.2) is 30.3 Å². The van der Waals surface area contributed by atoms with Crippen LogP contribution in [0.5, 0.6) is 0 Å². The van der Waals surface area contributed by atoms with Crippen LogP contribution in [0.25, 0.3) is 0 Å². The van der Waals surface area contributed by atoms with Gasteiger partial charge in [-0.25, -0.2) is 4.39 Å². The fourth-order valence-corrected chi connectivity index (χ4v) is 2.45. The number of nitrogens with one attached hydrogen (secondary N) is 1. The molecule has 0 spiro atoms. The molecule has 0 aliphatic heterocycles. The van der Waals surface area contributed by atoms with Gasteiger partial charge in [0.05, 0.1) is 6.54 Å². The van der Waals surface area contributed by atoms with Gasteiger partial charge in [-0.2, -0.15) is 0 Å². The second-order valence-electron chi connectivity index (χ2n) is 5.98. The number of carbonyl (C=O) groups excluding carboxylic acids is 2. The Hall–Kier alpha value is -2.69. The molecule has 2 amide bonds. The van der Waals surface area contributed by atoms with Gasteiger partial charge in [0.2, 0.25) is 11.8 Å². The van der Waals surface area contributed by atoms with Crippen LogP contribution in [-0.2, 0) is 22.4 Å². The first-order valence-electron chi connectivity index (χ1n) is 8.35. The molecule has 0 bridgehead atoms. The van der Waals surface area contributed by atoms with Crippen molar-refractivity contribution in [2.24, 2.45) is 0 Å². The van der Waals surface area contributed by atoms with E-state index in [1.54, 1.807) is 13.1 Å². The standard InChI is InChI=1S/C20H23FN2O2/c1-3-15-7-9-16(10-8-15)11-12-20(25)23(2)14-19(24)22-18-6-4-5-17(21)13-18/h4-10,13H,3,11-12,14H2,1-2H3,(H,22,24). The van der Waals surface area contributed by atoms with E-state index in [9.17, 15) is 14.0 Å². The van der Waals surface area contributed by atoms with Crippen molar-refractivity contribution in [1.82, 2.24) is 4.90 Å². The van der Waals surface area contributed by atoms with Crippen LogP contribution in [0.2, 0.25) is 0 Å². The van der Waals surface area contributed by atoms with Gasteiger partial charge in [0.1, 0.15) is 5.82 Å². The van der Waals surface area contributed by atoms with Crippen LogP contribution < -0.4 is 5.32 Å². The number of amides is 2. The third-order valence-electron chi connectivity index (χ3n) is 3.97. The van der Waals surface area contributed by atoms with Crippen LogP contribution >= 0.6 is 0 Å². The van der Waals surface area contributed by atoms with Crippen molar-refractivity contribution in [3.05, 3.63) is 65.5 Å². The highest BCUT2D eigenvalue weighted by Crippen LogP contribution is 2.10. The molecular weight excluding hydrogens is 319 g/mol. The summed E-state index contributed by atoms with van der Waals surface area (Å²) in [6, 6.07) is 13.8. The second-order valence-corrected chi connectivity index (χ2v) is 5.98. The zero-order valence-corrected chi connectivity index (χ0v) is 14.6. The SMILES string of the molecule is CCc1ccc(CCC(=O)N(C)CC(=O)Nc2cccc(F)c2)cc1. The Morgan fingerprint density at radius 2 is 1.76 bits per heavy atom. The Balaban J connectivity index is 1.79. The smallest absolute Gasteiger partial charge is 0.243 e. The molecule has 0 aliphatic carbocycles. The molecule has 25 heavy (non-hydrogen) atoms. The highest BCUT2D eigenvalue weighted by molar-refractivity contribution is 5.94. The molecule has 132 valence electrons. The van der Waals surface area contributed by atoms with Gasteiger partial charge in [-0.3, -0.25) is 9.59 Å². The van der Waals surface area contributed by atoms with Gasteiger partial charge in [-0.05, 0) is 42.2 Å². The average Bonchev–Trinajstić information content (AvgIpc) is 2.59. The number of aryl methyl sites for hydroxylation is 2. The number of anilines is 1. The molecule has 0 unspecified atom stereocenters. The maximum Gasteiger partial charge on any atom is 0.243 e. The van der Waals surface area contributed by atoms with Crippen molar-refractivity contribution in [3.63, 3.8) is 0 Å². The third-order valence-corrected chi connectivity index (χ3v) is 3.97. The van der Waals surface area contributed by atoms with E-state index in [-0.39, 0.29) is 18.4 Å². The summed E-state index contributed by atoms with van der Waals surface area (Å²) in [5.41, 5.74) is 2.74. The van der Waals surface area contributed by atoms with Crippen LogP contribution in [0.15, 0.2) is 48.5 Å². The monoisotopic (exact) mass is 342 g/mol. The summed E-state index contributed by atoms with van der Waals surface area (Å²) in [7, 11) is 1.59. The van der Waals surface area contributed by atoms with Gasteiger partial charge in [-0.15, -0.1) is 0 Å². The minimum atomic E-state index is -0.420. The largest absolute Gasteiger partial charge is 0.336 e. The molecule has 0 saturated heterocycles. The van der Waals surface area contributed by atoms with Crippen LogP contribution in [0.3, 0.4) is 0 Å². The quantitative estimate of drug-likeness (QED) is 0.838. The molecule has 0 atom stereocenters. The molecule has 5 heteroatoms. The zero-order valence-electron chi connectivity index (χ0n) is 14.6. The van der Waals surface area contributed by atoms with Gasteiger partial charge >= 0.3 is 0 Å². The number of rotatable bonds is 7. The predicted octanol–water partition coefficient (Wildman–Crippen LogP) is 3.42. The molecule has 0 heterocycles. The van der Waals surface area contributed by atoms with E-state index in [2.05, 4.69) is 24.4 Å². The fraction of sp³-hybridized carbons (Fsp3) is 0.300. The lowest BCUT2D eigenvalue weighted by atomic mass is 10.1. The first-order chi connectivity index (χ1) is 12.0. The van der Waals surface area contributed by atoms with Gasteiger partial charge in [0, 0.05) is 19.2 Å². The number of benzene rings is 2. The van der Waals surface area contributed by atoms with Crippen molar-refractivity contribution in [3.8, 4) is 0 Å². The third kappa shape index (κ3) is 6.03. The molecule has 0 saturated carbocycles. The van der Waals surface area contributed by atoms with Crippen molar-refractivity contribution in [2.45, 2.75) is 26.2 Å². The summed E-state index contributed by atoms with van der Waals surface area (Å²) >= 11 is 0. The first kappa shape index (κ1) is 18.6. The topological polar surface area (TPSA) is 49.4 Å². The fourth-order valence-electron chi connectivity index (χ4n) is 2.45. The van der Waals surface area contributed by atoms with Crippen molar-refractivity contribution in [1.29, 1.82) is 0 Å². The lowest BCUT2D eigenvalue weighted by molar-refractivity contribution is -0.133. The molecule has 2 aromatic rings. The highest BCUT2D eigenvalue weighted by Gasteiger charge is 2.13. The Labute approximate surface area is 147 Å². The Bertz CT molecular complexity index is 729. The minimum Gasteiger partial charge on any atom is -0.336 e. The predicted molar refractivity (Wildman–Crippen MR) is 96.8 cm³/mol. The lowest BCUT2D eigenvalue weighted by Gasteiger charge is -2.17. The van der Waals surface area contributed by atoms with E-state index >= 15 is 0 Å². The molecule has 4 nitrogen and oxygen atoms in total. The maximum atomic E-state index is 13.1. The van der Waals surface area contributed by atoms with E-state index < -0.39 is 5.82 Å². The molecule has 2 aromatic carbocycles. The Morgan fingerprint density at radius 3 is 2.40 bits per heavy atom. The van der Waals surface area contributed by atoms with Gasteiger partial charge in [-0.1, -0.05) is 37.3 Å². The lowest BCUT2D eigenvalue weighted by Crippen LogP contribution is -2.35. The van der Waals surface area contributed by atoms with Crippen LogP contribution in [0, 0.1) is 5.82 Å². The minimum absolute atomic E-state index is 0.0654. The molecule has 2 rings (SSSR count). The molecular formula is C20H23FN2O2. The number of hydrogen-bond acceptors (Lipinski definition) is 2. The summed E-state index contributed by atoms with van der Waals surface area (Å²) < 4.78 is 13.1. The molecule has 0 fully saturated rings. The van der Waals surface area contributed by atoms with Crippen LogP contribution in [0.1, 0.15) is 24.5 Å². The second kappa shape index (κ2) is 8.97. The Kier molecular flexibility index (Phi) is 6.69. The number of nitrogens with zero attached hydrogens (tertiary/aromatic N) is 1. The number of hydrogen-bond donors (Lipinski definition) is 1. The summed E-state index contributed by atoms with van der Waals surface area (Å²) in [6.45, 7) is 2.03. The van der Waals surface area contributed by atoms with Crippen molar-refractivity contribution >= 4 is 17.5 Å². The summed E-state index contributed by atoms with van der Waals surface area (Å²) in [4.78, 5) is 25.5. The van der Waals surface area contributed by atoms with E-state index in [0.717, 1.165) is 12.0 Å². The number of carbonyl (C=O) groups is 2. The molecule has 0 radical (unpaired) electrons. The van der Waals surface area contributed by atoms with E-state index in [1.807, 2.05) is 12.1 Å². The van der Waals surface area contributed by atoms with E-state index in [0.29, 0.717) is 18.5 Å². The summed E-state index contributed by atoms with van der Waals surface area (Å²) in [5, 5.41) is 2.58. The number of likely N-dealkylation sites (N-methyl/N-ethyl adjacent to an activating group) is 1. The van der Waals surface area contributed by atoms with Crippen LogP contribution in [0.4, 0.5) is 10.1 Å². The molecule has 1 N–H and O–H groups in total. The Morgan fingerprint density at radius 1 is 1.08 bits per heavy atom. The van der Waals surface area contributed by atoms with Gasteiger partial charge in [0.15, 0.2) is 0 Å². The summed E-state index contributed by atoms with van der Waals surface area (Å²) in [6.07, 6.45) is 1.97.